The van der Waals surface area contributed by atoms with Crippen molar-refractivity contribution in [2.24, 2.45) is 5.73 Å². The van der Waals surface area contributed by atoms with Gasteiger partial charge in [0, 0.05) is 11.6 Å². The van der Waals surface area contributed by atoms with Gasteiger partial charge in [0.1, 0.15) is 0 Å². The molecule has 2 aliphatic rings. The molecule has 0 spiro atoms. The Balaban J connectivity index is 1.92. The number of nitrogens with two attached hydrogens (primary N) is 1. The molecule has 2 N–H and O–H groups in total. The van der Waals surface area contributed by atoms with Crippen LogP contribution in [0, 0.1) is 11.6 Å². The second-order valence-corrected chi connectivity index (χ2v) is 6.16. The first-order chi connectivity index (χ1) is 9.63. The molecule has 1 saturated carbocycles. The molecule has 20 heavy (non-hydrogen) atoms. The second-order valence-electron chi connectivity index (χ2n) is 6.16. The summed E-state index contributed by atoms with van der Waals surface area (Å²) in [5.41, 5.74) is 7.17. The van der Waals surface area contributed by atoms with Gasteiger partial charge in [-0.15, -0.1) is 0 Å². The third-order valence-electron chi connectivity index (χ3n) is 5.09. The van der Waals surface area contributed by atoms with Crippen molar-refractivity contribution in [3.63, 3.8) is 0 Å². The van der Waals surface area contributed by atoms with Crippen LogP contribution in [-0.2, 0) is 0 Å². The molecule has 1 saturated heterocycles. The molecule has 1 aromatic carbocycles. The van der Waals surface area contributed by atoms with E-state index in [9.17, 15) is 8.78 Å². The SMILES string of the molecule is NC(c1ccc(F)c(F)c1)C1(N2CCCC2)CCCC1. The van der Waals surface area contributed by atoms with Crippen LogP contribution in [0.25, 0.3) is 0 Å². The zero-order valence-electron chi connectivity index (χ0n) is 11.7. The number of rotatable bonds is 3. The van der Waals surface area contributed by atoms with Gasteiger partial charge in [0.15, 0.2) is 11.6 Å². The van der Waals surface area contributed by atoms with E-state index in [1.165, 1.54) is 37.8 Å². The highest BCUT2D eigenvalue weighted by Crippen LogP contribution is 2.44. The van der Waals surface area contributed by atoms with E-state index in [1.54, 1.807) is 6.07 Å². The fourth-order valence-corrected chi connectivity index (χ4v) is 3.99. The Morgan fingerprint density at radius 3 is 2.25 bits per heavy atom. The topological polar surface area (TPSA) is 29.3 Å². The van der Waals surface area contributed by atoms with Crippen LogP contribution in [0.1, 0.15) is 50.1 Å². The summed E-state index contributed by atoms with van der Waals surface area (Å²) in [4.78, 5) is 2.49. The summed E-state index contributed by atoms with van der Waals surface area (Å²) in [5, 5.41) is 0. The van der Waals surface area contributed by atoms with E-state index >= 15 is 0 Å². The number of likely N-dealkylation sites (tertiary alicyclic amines) is 1. The van der Waals surface area contributed by atoms with Crippen molar-refractivity contribution in [1.82, 2.24) is 4.90 Å². The minimum Gasteiger partial charge on any atom is -0.322 e. The van der Waals surface area contributed by atoms with E-state index in [0.717, 1.165) is 31.5 Å². The molecule has 0 bridgehead atoms. The van der Waals surface area contributed by atoms with Crippen LogP contribution in [0.2, 0.25) is 0 Å². The molecule has 1 unspecified atom stereocenters. The molecule has 4 heteroatoms. The molecule has 0 radical (unpaired) electrons. The summed E-state index contributed by atoms with van der Waals surface area (Å²) >= 11 is 0. The average molecular weight is 280 g/mol. The molecule has 0 amide bonds. The van der Waals surface area contributed by atoms with Gasteiger partial charge in [0.25, 0.3) is 0 Å². The van der Waals surface area contributed by atoms with Crippen molar-refractivity contribution in [2.45, 2.75) is 50.1 Å². The average Bonchev–Trinajstić information content (AvgIpc) is 3.12. The van der Waals surface area contributed by atoms with Gasteiger partial charge in [-0.05, 0) is 56.5 Å². The standard InChI is InChI=1S/C16H22F2N2/c17-13-6-5-12(11-14(13)18)15(19)16(7-1-2-8-16)20-9-3-4-10-20/h5-6,11,15H,1-4,7-10,19H2. The molecule has 1 heterocycles. The lowest BCUT2D eigenvalue weighted by molar-refractivity contribution is 0.0920. The van der Waals surface area contributed by atoms with Gasteiger partial charge in [-0.2, -0.15) is 0 Å². The fraction of sp³-hybridized carbons (Fsp3) is 0.625. The van der Waals surface area contributed by atoms with Gasteiger partial charge in [0.05, 0.1) is 0 Å². The first kappa shape index (κ1) is 14.0. The maximum Gasteiger partial charge on any atom is 0.159 e. The molecular weight excluding hydrogens is 258 g/mol. The maximum absolute atomic E-state index is 13.5. The Morgan fingerprint density at radius 2 is 1.65 bits per heavy atom. The van der Waals surface area contributed by atoms with Crippen LogP contribution in [0.4, 0.5) is 8.78 Å². The predicted molar refractivity (Wildman–Crippen MR) is 75.3 cm³/mol. The van der Waals surface area contributed by atoms with Crippen molar-refractivity contribution in [3.8, 4) is 0 Å². The third kappa shape index (κ3) is 2.25. The van der Waals surface area contributed by atoms with E-state index in [1.807, 2.05) is 0 Å². The molecule has 2 fully saturated rings. The van der Waals surface area contributed by atoms with Crippen LogP contribution >= 0.6 is 0 Å². The monoisotopic (exact) mass is 280 g/mol. The minimum atomic E-state index is -0.803. The molecule has 1 aromatic rings. The van der Waals surface area contributed by atoms with Gasteiger partial charge in [-0.25, -0.2) is 8.78 Å². The summed E-state index contributed by atoms with van der Waals surface area (Å²) in [6.45, 7) is 2.16. The molecule has 2 nitrogen and oxygen atoms in total. The Labute approximate surface area is 118 Å². The number of hydrogen-bond acceptors (Lipinski definition) is 2. The van der Waals surface area contributed by atoms with Crippen molar-refractivity contribution >= 4 is 0 Å². The highest BCUT2D eigenvalue weighted by molar-refractivity contribution is 5.25. The van der Waals surface area contributed by atoms with E-state index in [4.69, 9.17) is 5.73 Å². The second kappa shape index (κ2) is 5.41. The Bertz CT molecular complexity index is 477. The lowest BCUT2D eigenvalue weighted by Gasteiger charge is -2.43. The number of benzene rings is 1. The molecule has 110 valence electrons. The van der Waals surface area contributed by atoms with Crippen molar-refractivity contribution in [2.75, 3.05) is 13.1 Å². The van der Waals surface area contributed by atoms with Crippen LogP contribution < -0.4 is 5.73 Å². The Hall–Kier alpha value is -1.00. The Morgan fingerprint density at radius 1 is 1.00 bits per heavy atom. The lowest BCUT2D eigenvalue weighted by atomic mass is 9.82. The minimum absolute atomic E-state index is 0.0548. The molecular formula is C16H22F2N2. The maximum atomic E-state index is 13.5. The highest BCUT2D eigenvalue weighted by atomic mass is 19.2. The van der Waals surface area contributed by atoms with Crippen molar-refractivity contribution in [1.29, 1.82) is 0 Å². The quantitative estimate of drug-likeness (QED) is 0.919. The van der Waals surface area contributed by atoms with Crippen LogP contribution in [0.5, 0.6) is 0 Å². The van der Waals surface area contributed by atoms with E-state index in [-0.39, 0.29) is 11.6 Å². The number of nitrogens with zero attached hydrogens (tertiary/aromatic N) is 1. The van der Waals surface area contributed by atoms with E-state index in [2.05, 4.69) is 4.90 Å². The summed E-state index contributed by atoms with van der Waals surface area (Å²) in [6, 6.07) is 3.87. The fourth-order valence-electron chi connectivity index (χ4n) is 3.99. The summed E-state index contributed by atoms with van der Waals surface area (Å²) in [7, 11) is 0. The van der Waals surface area contributed by atoms with Crippen LogP contribution in [-0.4, -0.2) is 23.5 Å². The molecule has 1 aliphatic heterocycles. The number of hydrogen-bond donors (Lipinski definition) is 1. The van der Waals surface area contributed by atoms with E-state index in [0.29, 0.717) is 0 Å². The van der Waals surface area contributed by atoms with Crippen molar-refractivity contribution < 1.29 is 8.78 Å². The molecule has 1 atom stereocenters. The Kier molecular flexibility index (Phi) is 3.78. The van der Waals surface area contributed by atoms with Crippen LogP contribution in [0.15, 0.2) is 18.2 Å². The summed E-state index contributed by atoms with van der Waals surface area (Å²) in [5.74, 6) is -1.60. The van der Waals surface area contributed by atoms with Gasteiger partial charge in [-0.1, -0.05) is 18.9 Å². The molecule has 1 aliphatic carbocycles. The molecule has 0 aromatic heterocycles. The smallest absolute Gasteiger partial charge is 0.159 e. The lowest BCUT2D eigenvalue weighted by Crippen LogP contribution is -2.52. The highest BCUT2D eigenvalue weighted by Gasteiger charge is 2.45. The first-order valence-electron chi connectivity index (χ1n) is 7.59. The third-order valence-corrected chi connectivity index (χ3v) is 5.09. The largest absolute Gasteiger partial charge is 0.322 e. The van der Waals surface area contributed by atoms with Crippen molar-refractivity contribution in [3.05, 3.63) is 35.4 Å². The van der Waals surface area contributed by atoms with Crippen LogP contribution in [0.3, 0.4) is 0 Å². The summed E-state index contributed by atoms with van der Waals surface area (Å²) in [6.07, 6.45) is 6.90. The molecule has 3 rings (SSSR count). The van der Waals surface area contributed by atoms with Gasteiger partial charge in [0.2, 0.25) is 0 Å². The van der Waals surface area contributed by atoms with Gasteiger partial charge in [-0.3, -0.25) is 4.90 Å². The first-order valence-corrected chi connectivity index (χ1v) is 7.59. The zero-order chi connectivity index (χ0) is 14.2. The van der Waals surface area contributed by atoms with Gasteiger partial charge < -0.3 is 5.73 Å². The van der Waals surface area contributed by atoms with E-state index < -0.39 is 11.6 Å². The predicted octanol–water partition coefficient (Wildman–Crippen LogP) is 3.37. The summed E-state index contributed by atoms with van der Waals surface area (Å²) < 4.78 is 26.6. The van der Waals surface area contributed by atoms with Gasteiger partial charge >= 0.3 is 0 Å². The zero-order valence-corrected chi connectivity index (χ0v) is 11.7. The number of halogens is 2. The normalized spacial score (nSPS) is 24.1.